The molecule has 17 heavy (non-hydrogen) atoms. The second-order valence-corrected chi connectivity index (χ2v) is 3.69. The SMILES string of the molecule is COc1cccc(C(=O)O)c1NCC(O)CCl. The molecule has 0 amide bonds. The highest BCUT2D eigenvalue weighted by Crippen LogP contribution is 2.28. The van der Waals surface area contributed by atoms with Crippen molar-refractivity contribution in [3.05, 3.63) is 23.8 Å². The minimum atomic E-state index is -1.06. The van der Waals surface area contributed by atoms with E-state index in [0.29, 0.717) is 11.4 Å². The van der Waals surface area contributed by atoms with Crippen molar-refractivity contribution >= 4 is 23.3 Å². The molecule has 94 valence electrons. The number of hydrogen-bond acceptors (Lipinski definition) is 4. The standard InChI is InChI=1S/C11H14ClNO4/c1-17-9-4-2-3-8(11(15)16)10(9)13-6-7(14)5-12/h2-4,7,13-14H,5-6H2,1H3,(H,15,16). The van der Waals surface area contributed by atoms with Crippen molar-refractivity contribution in [3.8, 4) is 5.75 Å². The third-order valence-electron chi connectivity index (χ3n) is 2.17. The summed E-state index contributed by atoms with van der Waals surface area (Å²) in [5.41, 5.74) is 0.429. The molecule has 0 spiro atoms. The normalized spacial score (nSPS) is 11.9. The van der Waals surface area contributed by atoms with E-state index in [1.807, 2.05) is 0 Å². The Morgan fingerprint density at radius 2 is 2.29 bits per heavy atom. The molecular formula is C11H14ClNO4. The van der Waals surface area contributed by atoms with Crippen LogP contribution in [0.15, 0.2) is 18.2 Å². The molecule has 5 nitrogen and oxygen atoms in total. The van der Waals surface area contributed by atoms with Gasteiger partial charge in [-0.2, -0.15) is 0 Å². The molecule has 1 atom stereocenters. The number of nitrogens with one attached hydrogen (secondary N) is 1. The number of ether oxygens (including phenoxy) is 1. The Kier molecular flexibility index (Phi) is 5.06. The van der Waals surface area contributed by atoms with Crippen LogP contribution in [0.4, 0.5) is 5.69 Å². The summed E-state index contributed by atoms with van der Waals surface area (Å²) in [4.78, 5) is 11.0. The van der Waals surface area contributed by atoms with Crippen LogP contribution < -0.4 is 10.1 Å². The fourth-order valence-corrected chi connectivity index (χ4v) is 1.45. The monoisotopic (exact) mass is 259 g/mol. The van der Waals surface area contributed by atoms with Gasteiger partial charge in [0.1, 0.15) is 5.75 Å². The van der Waals surface area contributed by atoms with Crippen LogP contribution in [0, 0.1) is 0 Å². The number of benzene rings is 1. The molecule has 1 aromatic rings. The topological polar surface area (TPSA) is 78.8 Å². The van der Waals surface area contributed by atoms with E-state index in [4.69, 9.17) is 21.4 Å². The maximum atomic E-state index is 11.0. The van der Waals surface area contributed by atoms with Crippen molar-refractivity contribution in [1.29, 1.82) is 0 Å². The third kappa shape index (κ3) is 3.51. The highest BCUT2D eigenvalue weighted by Gasteiger charge is 2.15. The minimum Gasteiger partial charge on any atom is -0.495 e. The Balaban J connectivity index is 2.97. The number of anilines is 1. The lowest BCUT2D eigenvalue weighted by molar-refractivity contribution is 0.0697. The second-order valence-electron chi connectivity index (χ2n) is 3.38. The average molecular weight is 260 g/mol. The maximum absolute atomic E-state index is 11.0. The molecule has 0 aliphatic rings. The average Bonchev–Trinajstić information content (AvgIpc) is 2.35. The number of alkyl halides is 1. The van der Waals surface area contributed by atoms with E-state index < -0.39 is 12.1 Å². The van der Waals surface area contributed by atoms with Crippen LogP contribution in [0.1, 0.15) is 10.4 Å². The first kappa shape index (κ1) is 13.6. The first-order chi connectivity index (χ1) is 8.10. The number of rotatable bonds is 6. The van der Waals surface area contributed by atoms with Crippen molar-refractivity contribution in [3.63, 3.8) is 0 Å². The van der Waals surface area contributed by atoms with E-state index in [2.05, 4.69) is 5.32 Å². The van der Waals surface area contributed by atoms with Gasteiger partial charge in [0.05, 0.1) is 30.3 Å². The largest absolute Gasteiger partial charge is 0.495 e. The van der Waals surface area contributed by atoms with E-state index in [-0.39, 0.29) is 18.0 Å². The number of carboxylic acids is 1. The zero-order valence-corrected chi connectivity index (χ0v) is 10.1. The van der Waals surface area contributed by atoms with Gasteiger partial charge in [0, 0.05) is 6.54 Å². The molecular weight excluding hydrogens is 246 g/mol. The lowest BCUT2D eigenvalue weighted by Crippen LogP contribution is -2.22. The summed E-state index contributed by atoms with van der Waals surface area (Å²) in [5.74, 6) is -0.580. The Hall–Kier alpha value is -1.46. The predicted molar refractivity (Wildman–Crippen MR) is 65.2 cm³/mol. The lowest BCUT2D eigenvalue weighted by atomic mass is 10.1. The molecule has 1 unspecified atom stereocenters. The molecule has 0 aromatic heterocycles. The van der Waals surface area contributed by atoms with Crippen LogP contribution >= 0.6 is 11.6 Å². The summed E-state index contributed by atoms with van der Waals surface area (Å²) in [5, 5.41) is 21.2. The van der Waals surface area contributed by atoms with Crippen molar-refractivity contribution in [2.24, 2.45) is 0 Å². The molecule has 0 fully saturated rings. The predicted octanol–water partition coefficient (Wildman–Crippen LogP) is 1.40. The fourth-order valence-electron chi connectivity index (χ4n) is 1.34. The summed E-state index contributed by atoms with van der Waals surface area (Å²) >= 11 is 5.46. The molecule has 0 aliphatic heterocycles. The molecule has 0 aliphatic carbocycles. The fraction of sp³-hybridized carbons (Fsp3) is 0.364. The quantitative estimate of drug-likeness (QED) is 0.673. The van der Waals surface area contributed by atoms with Gasteiger partial charge in [0.25, 0.3) is 0 Å². The van der Waals surface area contributed by atoms with Gasteiger partial charge in [0.2, 0.25) is 0 Å². The number of carboxylic acid groups (broad SMARTS) is 1. The van der Waals surface area contributed by atoms with Gasteiger partial charge in [-0.05, 0) is 12.1 Å². The number of aliphatic hydroxyl groups excluding tert-OH is 1. The van der Waals surface area contributed by atoms with Gasteiger partial charge in [0.15, 0.2) is 0 Å². The molecule has 0 bridgehead atoms. The maximum Gasteiger partial charge on any atom is 0.337 e. The van der Waals surface area contributed by atoms with Gasteiger partial charge in [-0.25, -0.2) is 4.79 Å². The molecule has 1 aromatic carbocycles. The van der Waals surface area contributed by atoms with Crippen LogP contribution in [0.3, 0.4) is 0 Å². The van der Waals surface area contributed by atoms with E-state index in [0.717, 1.165) is 0 Å². The molecule has 0 heterocycles. The Bertz CT molecular complexity index is 397. The van der Waals surface area contributed by atoms with Crippen LogP contribution in [0.25, 0.3) is 0 Å². The smallest absolute Gasteiger partial charge is 0.337 e. The summed E-state index contributed by atoms with van der Waals surface area (Å²) in [6, 6.07) is 4.69. The Labute approximate surface area is 104 Å². The summed E-state index contributed by atoms with van der Waals surface area (Å²) in [7, 11) is 1.45. The van der Waals surface area contributed by atoms with Gasteiger partial charge in [-0.3, -0.25) is 0 Å². The zero-order chi connectivity index (χ0) is 12.8. The van der Waals surface area contributed by atoms with Gasteiger partial charge in [-0.15, -0.1) is 11.6 Å². The zero-order valence-electron chi connectivity index (χ0n) is 9.31. The van der Waals surface area contributed by atoms with Gasteiger partial charge < -0.3 is 20.3 Å². The number of aliphatic hydroxyl groups is 1. The summed E-state index contributed by atoms with van der Waals surface area (Å²) in [6.45, 7) is 0.157. The highest BCUT2D eigenvalue weighted by atomic mass is 35.5. The molecule has 6 heteroatoms. The minimum absolute atomic E-state index is 0.0740. The van der Waals surface area contributed by atoms with E-state index in [1.54, 1.807) is 12.1 Å². The van der Waals surface area contributed by atoms with Crippen LogP contribution in [-0.4, -0.2) is 41.8 Å². The van der Waals surface area contributed by atoms with E-state index in [9.17, 15) is 9.90 Å². The molecule has 0 saturated heterocycles. The van der Waals surface area contributed by atoms with Crippen LogP contribution in [0.5, 0.6) is 5.75 Å². The van der Waals surface area contributed by atoms with Crippen molar-refractivity contribution in [1.82, 2.24) is 0 Å². The van der Waals surface area contributed by atoms with Crippen molar-refractivity contribution in [2.45, 2.75) is 6.10 Å². The molecule has 0 saturated carbocycles. The first-order valence-electron chi connectivity index (χ1n) is 4.98. The number of methoxy groups -OCH3 is 1. The Morgan fingerprint density at radius 1 is 1.59 bits per heavy atom. The van der Waals surface area contributed by atoms with Crippen molar-refractivity contribution < 1.29 is 19.7 Å². The Morgan fingerprint density at radius 3 is 2.82 bits per heavy atom. The lowest BCUT2D eigenvalue weighted by Gasteiger charge is -2.15. The van der Waals surface area contributed by atoms with Crippen LogP contribution in [-0.2, 0) is 0 Å². The summed E-state index contributed by atoms with van der Waals surface area (Å²) < 4.78 is 5.06. The van der Waals surface area contributed by atoms with E-state index >= 15 is 0 Å². The summed E-state index contributed by atoms with van der Waals surface area (Å²) in [6.07, 6.45) is -0.747. The molecule has 1 rings (SSSR count). The van der Waals surface area contributed by atoms with Crippen molar-refractivity contribution in [2.75, 3.05) is 24.9 Å². The number of halogens is 1. The van der Waals surface area contributed by atoms with E-state index in [1.165, 1.54) is 13.2 Å². The second kappa shape index (κ2) is 6.32. The number of hydrogen-bond donors (Lipinski definition) is 3. The van der Waals surface area contributed by atoms with Crippen LogP contribution in [0.2, 0.25) is 0 Å². The van der Waals surface area contributed by atoms with Gasteiger partial charge >= 0.3 is 5.97 Å². The molecule has 0 radical (unpaired) electrons. The number of para-hydroxylation sites is 1. The number of aromatic carboxylic acids is 1. The first-order valence-corrected chi connectivity index (χ1v) is 5.51. The highest BCUT2D eigenvalue weighted by molar-refractivity contribution is 6.18. The van der Waals surface area contributed by atoms with Gasteiger partial charge in [-0.1, -0.05) is 6.07 Å². The molecule has 3 N–H and O–H groups in total. The third-order valence-corrected chi connectivity index (χ3v) is 2.53. The number of carbonyl (C=O) groups is 1.